The molecule has 2 N–H and O–H groups in total. The Labute approximate surface area is 185 Å². The molecule has 0 aliphatic heterocycles. The normalized spacial score (nSPS) is 12.9. The highest BCUT2D eigenvalue weighted by Gasteiger charge is 2.23. The second kappa shape index (κ2) is 9.75. The number of ether oxygens (including phenoxy) is 1. The third-order valence-corrected chi connectivity index (χ3v) is 5.85. The molecular formula is C24H25N3O3S. The molecule has 0 bridgehead atoms. The molecule has 7 heteroatoms. The lowest BCUT2D eigenvalue weighted by Gasteiger charge is -2.07. The number of nitrogens with one attached hydrogen (secondary N) is 2. The fourth-order valence-corrected chi connectivity index (χ4v) is 3.98. The highest BCUT2D eigenvalue weighted by Crippen LogP contribution is 2.32. The first-order chi connectivity index (χ1) is 15.1. The number of carbonyl (C=O) groups is 2. The first-order valence-electron chi connectivity index (χ1n) is 10.5. The van der Waals surface area contributed by atoms with E-state index in [1.807, 2.05) is 48.7 Å². The van der Waals surface area contributed by atoms with E-state index in [2.05, 4.69) is 15.6 Å². The van der Waals surface area contributed by atoms with Crippen LogP contribution in [0.2, 0.25) is 0 Å². The van der Waals surface area contributed by atoms with Gasteiger partial charge in [-0.15, -0.1) is 11.3 Å². The maximum absolute atomic E-state index is 12.4. The molecule has 1 aliphatic rings. The first kappa shape index (κ1) is 21.1. The number of rotatable bonds is 9. The number of thiazole rings is 1. The van der Waals surface area contributed by atoms with Gasteiger partial charge in [-0.25, -0.2) is 4.98 Å². The van der Waals surface area contributed by atoms with Gasteiger partial charge >= 0.3 is 0 Å². The van der Waals surface area contributed by atoms with Crippen molar-refractivity contribution in [1.82, 2.24) is 15.6 Å². The van der Waals surface area contributed by atoms with Crippen molar-refractivity contribution in [3.05, 3.63) is 70.7 Å². The minimum atomic E-state index is -0.0921. The third kappa shape index (κ3) is 5.70. The lowest BCUT2D eigenvalue weighted by atomic mass is 10.1. The van der Waals surface area contributed by atoms with Crippen LogP contribution in [0.15, 0.2) is 53.9 Å². The van der Waals surface area contributed by atoms with Crippen molar-refractivity contribution in [1.29, 1.82) is 0 Å². The second-order valence-corrected chi connectivity index (χ2v) is 8.33. The molecule has 6 nitrogen and oxygen atoms in total. The summed E-state index contributed by atoms with van der Waals surface area (Å²) < 4.78 is 5.68. The number of hydrogen-bond acceptors (Lipinski definition) is 5. The summed E-state index contributed by atoms with van der Waals surface area (Å²) in [5, 5.41) is 8.64. The predicted molar refractivity (Wildman–Crippen MR) is 121 cm³/mol. The van der Waals surface area contributed by atoms with E-state index in [1.165, 1.54) is 11.3 Å². The molecule has 1 saturated carbocycles. The zero-order valence-corrected chi connectivity index (χ0v) is 18.2. The molecule has 0 saturated heterocycles. The van der Waals surface area contributed by atoms with Gasteiger partial charge in [-0.1, -0.05) is 24.3 Å². The molecule has 3 aromatic rings. The lowest BCUT2D eigenvalue weighted by molar-refractivity contribution is -0.120. The molecule has 160 valence electrons. The average molecular weight is 436 g/mol. The maximum atomic E-state index is 12.4. The summed E-state index contributed by atoms with van der Waals surface area (Å²) in [5.74, 6) is 0.665. The Morgan fingerprint density at radius 2 is 1.90 bits per heavy atom. The Morgan fingerprint density at radius 3 is 2.65 bits per heavy atom. The SMILES string of the molecule is CCOc1ccccc1-c1nc(CC(=O)NCc2ccc(C(=O)NC3CC3)cc2)cs1. The molecule has 1 heterocycles. The third-order valence-electron chi connectivity index (χ3n) is 4.93. The van der Waals surface area contributed by atoms with E-state index in [0.29, 0.717) is 24.8 Å². The number of carbonyl (C=O) groups excluding carboxylic acids is 2. The van der Waals surface area contributed by atoms with Crippen LogP contribution in [0.1, 0.15) is 41.4 Å². The zero-order valence-electron chi connectivity index (χ0n) is 17.4. The van der Waals surface area contributed by atoms with Gasteiger partial charge in [0.25, 0.3) is 5.91 Å². The molecule has 0 radical (unpaired) electrons. The Balaban J connectivity index is 1.30. The van der Waals surface area contributed by atoms with Crippen molar-refractivity contribution < 1.29 is 14.3 Å². The maximum Gasteiger partial charge on any atom is 0.251 e. The van der Waals surface area contributed by atoms with Crippen molar-refractivity contribution in [2.75, 3.05) is 6.61 Å². The average Bonchev–Trinajstić information content (AvgIpc) is 3.48. The largest absolute Gasteiger partial charge is 0.493 e. The number of hydrogen-bond donors (Lipinski definition) is 2. The topological polar surface area (TPSA) is 80.3 Å². The Morgan fingerprint density at radius 1 is 1.13 bits per heavy atom. The number of nitrogens with zero attached hydrogens (tertiary/aromatic N) is 1. The zero-order chi connectivity index (χ0) is 21.6. The molecule has 0 atom stereocenters. The second-order valence-electron chi connectivity index (χ2n) is 7.47. The van der Waals surface area contributed by atoms with Gasteiger partial charge in [0.2, 0.25) is 5.91 Å². The van der Waals surface area contributed by atoms with Crippen LogP contribution in [0, 0.1) is 0 Å². The molecule has 31 heavy (non-hydrogen) atoms. The van der Waals surface area contributed by atoms with Crippen LogP contribution >= 0.6 is 11.3 Å². The number of amides is 2. The van der Waals surface area contributed by atoms with E-state index in [-0.39, 0.29) is 18.2 Å². The van der Waals surface area contributed by atoms with Gasteiger partial charge in [0.05, 0.1) is 24.3 Å². The van der Waals surface area contributed by atoms with Crippen LogP contribution in [0.4, 0.5) is 0 Å². The van der Waals surface area contributed by atoms with Crippen LogP contribution in [-0.2, 0) is 17.8 Å². The molecule has 0 unspecified atom stereocenters. The lowest BCUT2D eigenvalue weighted by Crippen LogP contribution is -2.26. The van der Waals surface area contributed by atoms with Gasteiger partial charge in [0, 0.05) is 23.5 Å². The molecule has 2 aromatic carbocycles. The van der Waals surface area contributed by atoms with Crippen molar-refractivity contribution in [3.8, 4) is 16.3 Å². The molecule has 1 fully saturated rings. The van der Waals surface area contributed by atoms with Gasteiger partial charge in [-0.2, -0.15) is 0 Å². The van der Waals surface area contributed by atoms with Gasteiger partial charge in [-0.05, 0) is 49.6 Å². The van der Waals surface area contributed by atoms with Gasteiger partial charge in [0.15, 0.2) is 0 Å². The van der Waals surface area contributed by atoms with E-state index >= 15 is 0 Å². The Hall–Kier alpha value is -3.19. The van der Waals surface area contributed by atoms with Gasteiger partial charge in [-0.3, -0.25) is 9.59 Å². The van der Waals surface area contributed by atoms with Crippen LogP contribution in [-0.4, -0.2) is 29.4 Å². The van der Waals surface area contributed by atoms with E-state index in [9.17, 15) is 9.59 Å². The number of para-hydroxylation sites is 1. The molecule has 1 aliphatic carbocycles. The minimum absolute atomic E-state index is 0.0386. The monoisotopic (exact) mass is 435 g/mol. The summed E-state index contributed by atoms with van der Waals surface area (Å²) in [6.07, 6.45) is 2.35. The number of benzene rings is 2. The summed E-state index contributed by atoms with van der Waals surface area (Å²) in [6, 6.07) is 15.4. The summed E-state index contributed by atoms with van der Waals surface area (Å²) in [6.45, 7) is 2.95. The quantitative estimate of drug-likeness (QED) is 0.533. The smallest absolute Gasteiger partial charge is 0.251 e. The van der Waals surface area contributed by atoms with Gasteiger partial charge in [0.1, 0.15) is 10.8 Å². The van der Waals surface area contributed by atoms with E-state index in [1.54, 1.807) is 12.1 Å². The molecule has 1 aromatic heterocycles. The molecule has 4 rings (SSSR count). The van der Waals surface area contributed by atoms with Crippen LogP contribution in [0.3, 0.4) is 0 Å². The van der Waals surface area contributed by atoms with Crippen LogP contribution < -0.4 is 15.4 Å². The summed E-state index contributed by atoms with van der Waals surface area (Å²) >= 11 is 1.50. The fraction of sp³-hybridized carbons (Fsp3) is 0.292. The summed E-state index contributed by atoms with van der Waals surface area (Å²) in [5.41, 5.74) is 3.26. The highest BCUT2D eigenvalue weighted by atomic mass is 32.1. The van der Waals surface area contributed by atoms with Crippen molar-refractivity contribution in [2.45, 2.75) is 38.8 Å². The summed E-state index contributed by atoms with van der Waals surface area (Å²) in [7, 11) is 0. The van der Waals surface area contributed by atoms with Crippen molar-refractivity contribution in [3.63, 3.8) is 0 Å². The first-order valence-corrected chi connectivity index (χ1v) is 11.3. The molecular weight excluding hydrogens is 410 g/mol. The fourth-order valence-electron chi connectivity index (χ4n) is 3.13. The standard InChI is InChI=1S/C24H25N3O3S/c1-2-30-21-6-4-3-5-20(21)24-27-19(15-31-24)13-22(28)25-14-16-7-9-17(10-8-16)23(29)26-18-11-12-18/h3-10,15,18H,2,11-14H2,1H3,(H,25,28)(H,26,29). The van der Waals surface area contributed by atoms with Crippen LogP contribution in [0.25, 0.3) is 10.6 Å². The summed E-state index contributed by atoms with van der Waals surface area (Å²) in [4.78, 5) is 29.0. The van der Waals surface area contributed by atoms with E-state index in [0.717, 1.165) is 40.4 Å². The molecule has 2 amide bonds. The minimum Gasteiger partial charge on any atom is -0.493 e. The van der Waals surface area contributed by atoms with Crippen LogP contribution in [0.5, 0.6) is 5.75 Å². The highest BCUT2D eigenvalue weighted by molar-refractivity contribution is 7.13. The number of aromatic nitrogens is 1. The van der Waals surface area contributed by atoms with E-state index in [4.69, 9.17) is 4.74 Å². The Bertz CT molecular complexity index is 1060. The van der Waals surface area contributed by atoms with Crippen molar-refractivity contribution >= 4 is 23.2 Å². The van der Waals surface area contributed by atoms with Crippen molar-refractivity contribution in [2.24, 2.45) is 0 Å². The van der Waals surface area contributed by atoms with Gasteiger partial charge < -0.3 is 15.4 Å². The predicted octanol–water partition coefficient (Wildman–Crippen LogP) is 3.96. The molecule has 0 spiro atoms. The van der Waals surface area contributed by atoms with E-state index < -0.39 is 0 Å². The Kier molecular flexibility index (Phi) is 6.62.